The summed E-state index contributed by atoms with van der Waals surface area (Å²) in [6.07, 6.45) is 0. The van der Waals surface area contributed by atoms with Crippen LogP contribution in [0.2, 0.25) is 5.02 Å². The second-order valence-electron chi connectivity index (χ2n) is 5.52. The average Bonchev–Trinajstić information content (AvgIpc) is 2.31. The van der Waals surface area contributed by atoms with Crippen molar-refractivity contribution >= 4 is 17.5 Å². The Labute approximate surface area is 113 Å². The third-order valence-electron chi connectivity index (χ3n) is 3.39. The lowest BCUT2D eigenvalue weighted by Crippen LogP contribution is -2.62. The van der Waals surface area contributed by atoms with Crippen molar-refractivity contribution in [2.24, 2.45) is 0 Å². The summed E-state index contributed by atoms with van der Waals surface area (Å²) in [6, 6.07) is 7.46. The monoisotopic (exact) mass is 266 g/mol. The second kappa shape index (κ2) is 4.90. The van der Waals surface area contributed by atoms with Crippen LogP contribution in [-0.2, 0) is 0 Å². The Balaban J connectivity index is 2.26. The Morgan fingerprint density at radius 3 is 2.89 bits per heavy atom. The molecule has 1 atom stereocenters. The summed E-state index contributed by atoms with van der Waals surface area (Å²) in [4.78, 5) is 14.5. The predicted molar refractivity (Wildman–Crippen MR) is 74.0 cm³/mol. The quantitative estimate of drug-likeness (QED) is 0.847. The largest absolute Gasteiger partial charge is 0.331 e. The number of carbonyl (C=O) groups excluding carboxylic acids is 1. The molecule has 2 rings (SSSR count). The minimum absolute atomic E-state index is 0.0517. The molecule has 1 saturated heterocycles. The van der Waals surface area contributed by atoms with Gasteiger partial charge in [-0.25, -0.2) is 0 Å². The van der Waals surface area contributed by atoms with E-state index < -0.39 is 0 Å². The highest BCUT2D eigenvalue weighted by molar-refractivity contribution is 6.30. The van der Waals surface area contributed by atoms with E-state index >= 15 is 0 Å². The summed E-state index contributed by atoms with van der Waals surface area (Å²) < 4.78 is 0. The predicted octanol–water partition coefficient (Wildman–Crippen LogP) is 2.55. The molecule has 18 heavy (non-hydrogen) atoms. The van der Waals surface area contributed by atoms with Gasteiger partial charge in [0.25, 0.3) is 5.91 Å². The molecule has 1 N–H and O–H groups in total. The van der Waals surface area contributed by atoms with E-state index in [4.69, 9.17) is 11.6 Å². The van der Waals surface area contributed by atoms with Crippen molar-refractivity contribution in [3.63, 3.8) is 0 Å². The first-order valence-corrected chi connectivity index (χ1v) is 6.59. The van der Waals surface area contributed by atoms with Crippen molar-refractivity contribution in [2.45, 2.75) is 32.4 Å². The average molecular weight is 267 g/mol. The number of halogens is 1. The fraction of sp³-hybridized carbons (Fsp3) is 0.500. The molecule has 0 bridgehead atoms. The van der Waals surface area contributed by atoms with Gasteiger partial charge in [0.1, 0.15) is 0 Å². The zero-order valence-electron chi connectivity index (χ0n) is 11.0. The maximum atomic E-state index is 12.6. The molecule has 0 spiro atoms. The van der Waals surface area contributed by atoms with Crippen molar-refractivity contribution < 1.29 is 4.79 Å². The SMILES string of the molecule is CC1CN(C(=O)c2cccc(Cl)c2)C(C)(C)CN1. The molecule has 0 aliphatic carbocycles. The number of benzene rings is 1. The maximum Gasteiger partial charge on any atom is 0.254 e. The Kier molecular flexibility index (Phi) is 3.64. The van der Waals surface area contributed by atoms with Crippen LogP contribution in [0.25, 0.3) is 0 Å². The van der Waals surface area contributed by atoms with Gasteiger partial charge >= 0.3 is 0 Å². The molecule has 1 aromatic carbocycles. The van der Waals surface area contributed by atoms with Gasteiger partial charge in [0.05, 0.1) is 5.54 Å². The summed E-state index contributed by atoms with van der Waals surface area (Å²) in [6.45, 7) is 7.77. The molecule has 1 aliphatic rings. The van der Waals surface area contributed by atoms with Crippen LogP contribution in [0.5, 0.6) is 0 Å². The minimum Gasteiger partial charge on any atom is -0.331 e. The third-order valence-corrected chi connectivity index (χ3v) is 3.62. The van der Waals surface area contributed by atoms with Crippen molar-refractivity contribution in [1.29, 1.82) is 0 Å². The molecule has 3 nitrogen and oxygen atoms in total. The van der Waals surface area contributed by atoms with Gasteiger partial charge in [-0.3, -0.25) is 4.79 Å². The smallest absolute Gasteiger partial charge is 0.254 e. The highest BCUT2D eigenvalue weighted by Gasteiger charge is 2.36. The van der Waals surface area contributed by atoms with E-state index in [0.717, 1.165) is 13.1 Å². The number of hydrogen-bond donors (Lipinski definition) is 1. The lowest BCUT2D eigenvalue weighted by Gasteiger charge is -2.45. The molecular weight excluding hydrogens is 248 g/mol. The van der Waals surface area contributed by atoms with Crippen LogP contribution in [0.3, 0.4) is 0 Å². The summed E-state index contributed by atoms with van der Waals surface area (Å²) in [5, 5.41) is 4.00. The molecule has 1 fully saturated rings. The molecule has 1 unspecified atom stereocenters. The van der Waals surface area contributed by atoms with E-state index in [1.165, 1.54) is 0 Å². The molecule has 0 saturated carbocycles. The number of nitrogens with zero attached hydrogens (tertiary/aromatic N) is 1. The van der Waals surface area contributed by atoms with Gasteiger partial charge in [0.15, 0.2) is 0 Å². The van der Waals surface area contributed by atoms with Gasteiger partial charge < -0.3 is 10.2 Å². The highest BCUT2D eigenvalue weighted by atomic mass is 35.5. The molecule has 1 amide bonds. The fourth-order valence-corrected chi connectivity index (χ4v) is 2.43. The summed E-state index contributed by atoms with van der Waals surface area (Å²) >= 11 is 5.94. The number of carbonyl (C=O) groups is 1. The van der Waals surface area contributed by atoms with Crippen LogP contribution in [0, 0.1) is 0 Å². The van der Waals surface area contributed by atoms with E-state index in [1.807, 2.05) is 17.0 Å². The van der Waals surface area contributed by atoms with E-state index in [1.54, 1.807) is 12.1 Å². The number of nitrogens with one attached hydrogen (secondary N) is 1. The Hall–Kier alpha value is -1.06. The van der Waals surface area contributed by atoms with E-state index in [0.29, 0.717) is 16.6 Å². The second-order valence-corrected chi connectivity index (χ2v) is 5.96. The third kappa shape index (κ3) is 2.68. The van der Waals surface area contributed by atoms with Crippen molar-refractivity contribution in [3.05, 3.63) is 34.9 Å². The number of hydrogen-bond acceptors (Lipinski definition) is 2. The summed E-state index contributed by atoms with van der Waals surface area (Å²) in [7, 11) is 0. The molecule has 1 aliphatic heterocycles. The molecule has 0 aromatic heterocycles. The van der Waals surface area contributed by atoms with Crippen LogP contribution in [0.1, 0.15) is 31.1 Å². The van der Waals surface area contributed by atoms with Gasteiger partial charge in [-0.1, -0.05) is 17.7 Å². The van der Waals surface area contributed by atoms with Gasteiger partial charge in [-0.05, 0) is 39.0 Å². The normalized spacial score (nSPS) is 22.9. The van der Waals surface area contributed by atoms with Crippen molar-refractivity contribution in [2.75, 3.05) is 13.1 Å². The Morgan fingerprint density at radius 2 is 2.22 bits per heavy atom. The van der Waals surface area contributed by atoms with Gasteiger partial charge in [0, 0.05) is 29.7 Å². The first-order valence-electron chi connectivity index (χ1n) is 6.21. The van der Waals surface area contributed by atoms with Crippen molar-refractivity contribution in [3.8, 4) is 0 Å². The molecular formula is C14H19ClN2O. The zero-order chi connectivity index (χ0) is 13.3. The Bertz CT molecular complexity index is 459. The van der Waals surface area contributed by atoms with Crippen molar-refractivity contribution in [1.82, 2.24) is 10.2 Å². The number of rotatable bonds is 1. The molecule has 98 valence electrons. The van der Waals surface area contributed by atoms with Gasteiger partial charge in [0.2, 0.25) is 0 Å². The van der Waals surface area contributed by atoms with Crippen LogP contribution >= 0.6 is 11.6 Å². The van der Waals surface area contributed by atoms with Crippen LogP contribution in [0.15, 0.2) is 24.3 Å². The number of amides is 1. The number of piperazine rings is 1. The fourth-order valence-electron chi connectivity index (χ4n) is 2.24. The molecule has 4 heteroatoms. The lowest BCUT2D eigenvalue weighted by molar-refractivity contribution is 0.0411. The topological polar surface area (TPSA) is 32.3 Å². The first-order chi connectivity index (χ1) is 8.40. The standard InChI is InChI=1S/C14H19ClN2O/c1-10-8-17(14(2,3)9-16-10)13(18)11-5-4-6-12(15)7-11/h4-7,10,16H,8-9H2,1-3H3. The molecule has 0 radical (unpaired) electrons. The highest BCUT2D eigenvalue weighted by Crippen LogP contribution is 2.22. The summed E-state index contributed by atoms with van der Waals surface area (Å²) in [5.41, 5.74) is 0.482. The summed E-state index contributed by atoms with van der Waals surface area (Å²) in [5.74, 6) is 0.0517. The first kappa shape index (κ1) is 13.4. The molecule has 1 aromatic rings. The lowest BCUT2D eigenvalue weighted by atomic mass is 9.96. The maximum absolute atomic E-state index is 12.6. The van der Waals surface area contributed by atoms with Crippen LogP contribution < -0.4 is 5.32 Å². The van der Waals surface area contributed by atoms with E-state index in [2.05, 4.69) is 26.1 Å². The Morgan fingerprint density at radius 1 is 1.50 bits per heavy atom. The van der Waals surface area contributed by atoms with Crippen LogP contribution in [0.4, 0.5) is 0 Å². The van der Waals surface area contributed by atoms with Crippen LogP contribution in [-0.4, -0.2) is 35.5 Å². The minimum atomic E-state index is -0.175. The molecule has 1 heterocycles. The van der Waals surface area contributed by atoms with Gasteiger partial charge in [-0.15, -0.1) is 0 Å². The van der Waals surface area contributed by atoms with Gasteiger partial charge in [-0.2, -0.15) is 0 Å². The zero-order valence-corrected chi connectivity index (χ0v) is 11.8. The van der Waals surface area contributed by atoms with E-state index in [-0.39, 0.29) is 11.4 Å². The van der Waals surface area contributed by atoms with E-state index in [9.17, 15) is 4.79 Å².